The van der Waals surface area contributed by atoms with Gasteiger partial charge >= 0.3 is 5.97 Å². The van der Waals surface area contributed by atoms with Crippen molar-refractivity contribution in [3.05, 3.63) is 71.5 Å². The second-order valence-corrected chi connectivity index (χ2v) is 3.78. The van der Waals surface area contributed by atoms with Crippen LogP contribution >= 0.6 is 11.6 Å². The van der Waals surface area contributed by atoms with Gasteiger partial charge in [-0.25, -0.2) is 4.79 Å². The molecule has 1 aromatic rings. The molecule has 0 unspecified atom stereocenters. The molecular formula is C14H13ClO3. The summed E-state index contributed by atoms with van der Waals surface area (Å²) in [6, 6.07) is 6.62. The minimum absolute atomic E-state index is 0.105. The van der Waals surface area contributed by atoms with Gasteiger partial charge in [0.2, 0.25) is 0 Å². The lowest BCUT2D eigenvalue weighted by molar-refractivity contribution is 0.0692. The van der Waals surface area contributed by atoms with Gasteiger partial charge in [0, 0.05) is 5.56 Å². The van der Waals surface area contributed by atoms with Crippen molar-refractivity contribution >= 4 is 17.6 Å². The zero-order chi connectivity index (χ0) is 13.5. The highest BCUT2D eigenvalue weighted by molar-refractivity contribution is 6.31. The van der Waals surface area contributed by atoms with Crippen molar-refractivity contribution in [3.63, 3.8) is 0 Å². The van der Waals surface area contributed by atoms with Crippen molar-refractivity contribution in [2.45, 2.75) is 6.61 Å². The van der Waals surface area contributed by atoms with Gasteiger partial charge in [0.1, 0.15) is 12.4 Å². The van der Waals surface area contributed by atoms with Crippen molar-refractivity contribution in [1.29, 1.82) is 0 Å². The lowest BCUT2D eigenvalue weighted by atomic mass is 10.1. The highest BCUT2D eigenvalue weighted by Gasteiger charge is 2.09. The maximum atomic E-state index is 11.0. The van der Waals surface area contributed by atoms with Crippen molar-refractivity contribution in [1.82, 2.24) is 0 Å². The monoisotopic (exact) mass is 264 g/mol. The fourth-order valence-electron chi connectivity index (χ4n) is 1.34. The van der Waals surface area contributed by atoms with E-state index < -0.39 is 5.97 Å². The summed E-state index contributed by atoms with van der Waals surface area (Å²) < 4.78 is 5.42. The third-order valence-electron chi connectivity index (χ3n) is 2.23. The first-order valence-electron chi connectivity index (χ1n) is 5.18. The second-order valence-electron chi connectivity index (χ2n) is 3.37. The van der Waals surface area contributed by atoms with Crippen LogP contribution in [0, 0.1) is 0 Å². The van der Waals surface area contributed by atoms with Gasteiger partial charge in [-0.15, -0.1) is 0 Å². The Labute approximate surface area is 111 Å². The minimum atomic E-state index is -0.992. The van der Waals surface area contributed by atoms with Crippen LogP contribution in [0.4, 0.5) is 0 Å². The van der Waals surface area contributed by atoms with E-state index in [1.165, 1.54) is 18.2 Å². The topological polar surface area (TPSA) is 46.5 Å². The van der Waals surface area contributed by atoms with Gasteiger partial charge in [0.05, 0.1) is 10.6 Å². The summed E-state index contributed by atoms with van der Waals surface area (Å²) in [4.78, 5) is 11.0. The summed E-state index contributed by atoms with van der Waals surface area (Å²) in [6.07, 6.45) is 2.88. The fraction of sp³-hybridized carbons (Fsp3) is 0.0714. The molecular weight excluding hydrogens is 252 g/mol. The van der Waals surface area contributed by atoms with Gasteiger partial charge in [0.15, 0.2) is 0 Å². The van der Waals surface area contributed by atoms with Crippen molar-refractivity contribution in [2.75, 3.05) is 0 Å². The smallest absolute Gasteiger partial charge is 0.336 e. The molecule has 1 N–H and O–H groups in total. The molecule has 0 aromatic heterocycles. The summed E-state index contributed by atoms with van der Waals surface area (Å²) in [7, 11) is 0. The number of rotatable bonds is 6. The number of hydrogen-bond acceptors (Lipinski definition) is 2. The van der Waals surface area contributed by atoms with Crippen LogP contribution in [-0.2, 0) is 11.3 Å². The normalized spacial score (nSPS) is 11.4. The number of ether oxygens (including phenoxy) is 1. The first kappa shape index (κ1) is 14.1. The zero-order valence-corrected chi connectivity index (χ0v) is 10.5. The predicted octanol–water partition coefficient (Wildman–Crippen LogP) is 3.72. The molecule has 1 rings (SSSR count). The zero-order valence-electron chi connectivity index (χ0n) is 9.73. The van der Waals surface area contributed by atoms with Crippen molar-refractivity contribution in [2.24, 2.45) is 0 Å². The van der Waals surface area contributed by atoms with Crippen LogP contribution in [0.3, 0.4) is 0 Å². The van der Waals surface area contributed by atoms with Gasteiger partial charge in [-0.05, 0) is 18.2 Å². The fourth-order valence-corrected chi connectivity index (χ4v) is 1.47. The Morgan fingerprint density at radius 2 is 2.00 bits per heavy atom. The Kier molecular flexibility index (Phi) is 5.21. The number of benzene rings is 1. The predicted molar refractivity (Wildman–Crippen MR) is 71.5 cm³/mol. The molecule has 0 aliphatic rings. The molecule has 3 nitrogen and oxygen atoms in total. The maximum absolute atomic E-state index is 11.0. The number of carboxylic acids is 1. The lowest BCUT2D eigenvalue weighted by Crippen LogP contribution is -2.03. The van der Waals surface area contributed by atoms with E-state index in [2.05, 4.69) is 13.2 Å². The van der Waals surface area contributed by atoms with E-state index >= 15 is 0 Å². The average molecular weight is 265 g/mol. The molecule has 18 heavy (non-hydrogen) atoms. The third-order valence-corrected chi connectivity index (χ3v) is 2.57. The molecule has 1 aromatic carbocycles. The number of carboxylic acid groups (broad SMARTS) is 1. The van der Waals surface area contributed by atoms with Crippen LogP contribution in [0.2, 0.25) is 0 Å². The molecule has 0 aliphatic heterocycles. The average Bonchev–Trinajstić information content (AvgIpc) is 2.39. The van der Waals surface area contributed by atoms with Crippen molar-refractivity contribution in [3.8, 4) is 0 Å². The van der Waals surface area contributed by atoms with Crippen molar-refractivity contribution < 1.29 is 14.6 Å². The first-order valence-corrected chi connectivity index (χ1v) is 5.56. The Morgan fingerprint density at radius 3 is 2.56 bits per heavy atom. The van der Waals surface area contributed by atoms with Gasteiger partial charge < -0.3 is 9.84 Å². The maximum Gasteiger partial charge on any atom is 0.336 e. The van der Waals surface area contributed by atoms with Crippen LogP contribution in [0.25, 0.3) is 0 Å². The van der Waals surface area contributed by atoms with E-state index in [1.807, 2.05) is 0 Å². The summed E-state index contributed by atoms with van der Waals surface area (Å²) in [5.41, 5.74) is 0.772. The largest absolute Gasteiger partial charge is 0.487 e. The summed E-state index contributed by atoms with van der Waals surface area (Å²) in [6.45, 7) is 7.19. The van der Waals surface area contributed by atoms with E-state index in [0.29, 0.717) is 16.4 Å². The van der Waals surface area contributed by atoms with E-state index in [0.717, 1.165) is 0 Å². The lowest BCUT2D eigenvalue weighted by Gasteiger charge is -2.10. The Balaban J connectivity index is 2.90. The number of aromatic carboxylic acids is 1. The third kappa shape index (κ3) is 3.50. The van der Waals surface area contributed by atoms with Crippen LogP contribution < -0.4 is 0 Å². The number of carbonyl (C=O) groups is 1. The standard InChI is InChI=1S/C14H13ClO3/c1-3-12(15)13(4-2)18-9-10-7-5-6-8-11(10)14(16)17/h3-8H,1-2,9H2,(H,16,17)/b13-12-. The van der Waals surface area contributed by atoms with Gasteiger partial charge in [-0.3, -0.25) is 0 Å². The minimum Gasteiger partial charge on any atom is -0.487 e. The molecule has 0 spiro atoms. The molecule has 0 radical (unpaired) electrons. The van der Waals surface area contributed by atoms with Crippen LogP contribution in [0.1, 0.15) is 15.9 Å². The second kappa shape index (κ2) is 6.67. The summed E-state index contributed by atoms with van der Waals surface area (Å²) in [5, 5.41) is 9.34. The molecule has 0 amide bonds. The molecule has 0 bridgehead atoms. The number of hydrogen-bond donors (Lipinski definition) is 1. The molecule has 0 atom stereocenters. The van der Waals surface area contributed by atoms with E-state index in [9.17, 15) is 4.79 Å². The van der Waals surface area contributed by atoms with Crippen LogP contribution in [0.15, 0.2) is 60.4 Å². The number of allylic oxidation sites excluding steroid dienone is 3. The van der Waals surface area contributed by atoms with E-state index in [1.54, 1.807) is 18.2 Å². The molecule has 0 saturated carbocycles. The van der Waals surface area contributed by atoms with E-state index in [4.69, 9.17) is 21.4 Å². The highest BCUT2D eigenvalue weighted by atomic mass is 35.5. The molecule has 0 heterocycles. The summed E-state index contributed by atoms with van der Waals surface area (Å²) >= 11 is 5.85. The highest BCUT2D eigenvalue weighted by Crippen LogP contribution is 2.17. The SMILES string of the molecule is C=C/C(Cl)=C(\C=C)OCc1ccccc1C(=O)O. The molecule has 0 aliphatic carbocycles. The van der Waals surface area contributed by atoms with Gasteiger partial charge in [-0.2, -0.15) is 0 Å². The van der Waals surface area contributed by atoms with Gasteiger partial charge in [-0.1, -0.05) is 43.0 Å². The Morgan fingerprint density at radius 1 is 1.33 bits per heavy atom. The first-order chi connectivity index (χ1) is 8.60. The number of halogens is 1. The molecule has 0 fully saturated rings. The Bertz CT molecular complexity index is 504. The van der Waals surface area contributed by atoms with E-state index in [-0.39, 0.29) is 12.2 Å². The van der Waals surface area contributed by atoms with Crippen LogP contribution in [0.5, 0.6) is 0 Å². The molecule has 4 heteroatoms. The quantitative estimate of drug-likeness (QED) is 0.629. The molecule has 94 valence electrons. The Hall–Kier alpha value is -2.00. The van der Waals surface area contributed by atoms with Crippen LogP contribution in [-0.4, -0.2) is 11.1 Å². The molecule has 0 saturated heterocycles. The summed E-state index contributed by atoms with van der Waals surface area (Å²) in [5.74, 6) is -0.625. The van der Waals surface area contributed by atoms with Gasteiger partial charge in [0.25, 0.3) is 0 Å².